The van der Waals surface area contributed by atoms with E-state index in [1.165, 1.54) is 6.26 Å². The van der Waals surface area contributed by atoms with Crippen molar-refractivity contribution in [3.8, 4) is 22.8 Å². The molecule has 1 N–H and O–H groups in total. The zero-order valence-corrected chi connectivity index (χ0v) is 14.0. The van der Waals surface area contributed by atoms with Crippen LogP contribution in [0.15, 0.2) is 75.9 Å². The number of carbonyl (C=O) groups is 1. The number of benzene rings is 2. The number of anilines is 1. The largest absolute Gasteiger partial charge is 0.459 e. The summed E-state index contributed by atoms with van der Waals surface area (Å²) in [5, 5.41) is 6.80. The summed E-state index contributed by atoms with van der Waals surface area (Å²) < 4.78 is 10.4. The molecule has 4 aromatic rings. The molecule has 2 aromatic heterocycles. The van der Waals surface area contributed by atoms with Crippen molar-refractivity contribution in [3.05, 3.63) is 78.3 Å². The number of nitrogens with zero attached hydrogens (tertiary/aromatic N) is 2. The Morgan fingerprint density at radius 2 is 1.85 bits per heavy atom. The molecule has 6 heteroatoms. The molecule has 0 aliphatic carbocycles. The van der Waals surface area contributed by atoms with E-state index >= 15 is 0 Å². The van der Waals surface area contributed by atoms with Crippen LogP contribution in [0.5, 0.6) is 0 Å². The van der Waals surface area contributed by atoms with Gasteiger partial charge in [-0.05, 0) is 49.4 Å². The molecule has 1 amide bonds. The van der Waals surface area contributed by atoms with Crippen LogP contribution in [-0.2, 0) is 0 Å². The van der Waals surface area contributed by atoms with E-state index in [1.807, 2.05) is 43.3 Å². The van der Waals surface area contributed by atoms with E-state index in [-0.39, 0.29) is 11.7 Å². The summed E-state index contributed by atoms with van der Waals surface area (Å²) >= 11 is 0. The first-order valence-electron chi connectivity index (χ1n) is 8.05. The Morgan fingerprint density at radius 1 is 1.00 bits per heavy atom. The molecule has 0 spiro atoms. The molecule has 0 aliphatic rings. The van der Waals surface area contributed by atoms with Crippen molar-refractivity contribution < 1.29 is 13.7 Å². The van der Waals surface area contributed by atoms with Gasteiger partial charge >= 0.3 is 0 Å². The fourth-order valence-electron chi connectivity index (χ4n) is 2.54. The summed E-state index contributed by atoms with van der Waals surface area (Å²) in [4.78, 5) is 16.4. The lowest BCUT2D eigenvalue weighted by atomic mass is 10.1. The molecule has 0 fully saturated rings. The summed E-state index contributed by atoms with van der Waals surface area (Å²) in [5.74, 6) is 0.917. The monoisotopic (exact) mass is 345 g/mol. The topological polar surface area (TPSA) is 81.2 Å². The molecule has 2 heterocycles. The molecule has 0 saturated carbocycles. The first-order valence-corrected chi connectivity index (χ1v) is 8.05. The van der Waals surface area contributed by atoms with Gasteiger partial charge in [0.05, 0.1) is 6.26 Å². The van der Waals surface area contributed by atoms with Gasteiger partial charge in [0, 0.05) is 16.8 Å². The average molecular weight is 345 g/mol. The summed E-state index contributed by atoms with van der Waals surface area (Å²) in [5.41, 5.74) is 3.45. The maximum Gasteiger partial charge on any atom is 0.291 e. The van der Waals surface area contributed by atoms with Gasteiger partial charge in [-0.15, -0.1) is 0 Å². The van der Waals surface area contributed by atoms with Gasteiger partial charge in [-0.25, -0.2) is 0 Å². The van der Waals surface area contributed by atoms with Crippen molar-refractivity contribution in [2.24, 2.45) is 0 Å². The predicted molar refractivity (Wildman–Crippen MR) is 96.6 cm³/mol. The maximum absolute atomic E-state index is 12.0. The Bertz CT molecular complexity index is 1030. The maximum atomic E-state index is 12.0. The normalized spacial score (nSPS) is 10.7. The van der Waals surface area contributed by atoms with Crippen LogP contribution in [0, 0.1) is 6.92 Å². The third kappa shape index (κ3) is 3.25. The van der Waals surface area contributed by atoms with Gasteiger partial charge in [-0.3, -0.25) is 4.79 Å². The summed E-state index contributed by atoms with van der Waals surface area (Å²) in [6.07, 6.45) is 1.46. The van der Waals surface area contributed by atoms with Gasteiger partial charge in [-0.2, -0.15) is 4.98 Å². The van der Waals surface area contributed by atoms with Crippen LogP contribution in [0.2, 0.25) is 0 Å². The smallest absolute Gasteiger partial charge is 0.291 e. The number of rotatable bonds is 4. The minimum absolute atomic E-state index is 0.258. The molecule has 0 atom stereocenters. The first-order chi connectivity index (χ1) is 12.7. The van der Waals surface area contributed by atoms with Crippen molar-refractivity contribution in [2.75, 3.05) is 5.32 Å². The van der Waals surface area contributed by atoms with Crippen molar-refractivity contribution in [1.29, 1.82) is 0 Å². The van der Waals surface area contributed by atoms with Crippen molar-refractivity contribution in [3.63, 3.8) is 0 Å². The van der Waals surface area contributed by atoms with Crippen LogP contribution < -0.4 is 5.32 Å². The quantitative estimate of drug-likeness (QED) is 0.586. The highest BCUT2D eigenvalue weighted by Crippen LogP contribution is 2.24. The number of carbonyl (C=O) groups excluding carboxylic acids is 1. The molecule has 26 heavy (non-hydrogen) atoms. The number of aryl methyl sites for hydroxylation is 1. The Labute approximate surface area is 149 Å². The average Bonchev–Trinajstić information content (AvgIpc) is 3.35. The van der Waals surface area contributed by atoms with Gasteiger partial charge in [0.2, 0.25) is 5.82 Å². The number of furan rings is 1. The number of amides is 1. The number of hydrogen-bond donors (Lipinski definition) is 1. The van der Waals surface area contributed by atoms with Crippen LogP contribution in [0.4, 0.5) is 5.69 Å². The standard InChI is InChI=1S/C20H15N3O3/c1-13-4-2-5-15(12-13)18-22-20(26-23-18)14-7-9-16(10-8-14)21-19(24)17-6-3-11-25-17/h2-12H,1H3,(H,21,24). The molecule has 4 rings (SSSR count). The zero-order valence-electron chi connectivity index (χ0n) is 14.0. The molecule has 128 valence electrons. The molecule has 0 unspecified atom stereocenters. The SMILES string of the molecule is Cc1cccc(-c2noc(-c3ccc(NC(=O)c4ccco4)cc3)n2)c1. The number of aromatic nitrogens is 2. The van der Waals surface area contributed by atoms with E-state index in [9.17, 15) is 4.79 Å². The van der Waals surface area contributed by atoms with Gasteiger partial charge < -0.3 is 14.3 Å². The van der Waals surface area contributed by atoms with Crippen molar-refractivity contribution in [1.82, 2.24) is 10.1 Å². The van der Waals surface area contributed by atoms with E-state index in [1.54, 1.807) is 24.3 Å². The third-order valence-corrected chi connectivity index (χ3v) is 3.84. The van der Waals surface area contributed by atoms with E-state index < -0.39 is 0 Å². The minimum Gasteiger partial charge on any atom is -0.459 e. The number of nitrogens with one attached hydrogen (secondary N) is 1. The van der Waals surface area contributed by atoms with Gasteiger partial charge in [0.1, 0.15) is 0 Å². The van der Waals surface area contributed by atoms with Crippen LogP contribution in [0.1, 0.15) is 16.1 Å². The highest BCUT2D eigenvalue weighted by Gasteiger charge is 2.12. The van der Waals surface area contributed by atoms with Crippen LogP contribution in [-0.4, -0.2) is 16.0 Å². The van der Waals surface area contributed by atoms with Gasteiger partial charge in [0.25, 0.3) is 11.8 Å². The molecular weight excluding hydrogens is 330 g/mol. The van der Waals surface area contributed by atoms with Crippen LogP contribution in [0.3, 0.4) is 0 Å². The highest BCUT2D eigenvalue weighted by atomic mass is 16.5. The Balaban J connectivity index is 1.51. The lowest BCUT2D eigenvalue weighted by Gasteiger charge is -2.03. The zero-order chi connectivity index (χ0) is 17.9. The first kappa shape index (κ1) is 15.8. The summed E-state index contributed by atoms with van der Waals surface area (Å²) in [7, 11) is 0. The van der Waals surface area contributed by atoms with Gasteiger partial charge in [-0.1, -0.05) is 28.9 Å². The molecule has 0 aliphatic heterocycles. The van der Waals surface area contributed by atoms with E-state index in [0.29, 0.717) is 17.4 Å². The minimum atomic E-state index is -0.303. The second kappa shape index (κ2) is 6.68. The second-order valence-corrected chi connectivity index (χ2v) is 5.80. The van der Waals surface area contributed by atoms with E-state index in [0.717, 1.165) is 16.7 Å². The fourth-order valence-corrected chi connectivity index (χ4v) is 2.54. The highest BCUT2D eigenvalue weighted by molar-refractivity contribution is 6.02. The molecule has 2 aromatic carbocycles. The van der Waals surface area contributed by atoms with E-state index in [4.69, 9.17) is 8.94 Å². The fraction of sp³-hybridized carbons (Fsp3) is 0.0500. The van der Waals surface area contributed by atoms with Crippen LogP contribution >= 0.6 is 0 Å². The lowest BCUT2D eigenvalue weighted by molar-refractivity contribution is 0.0996. The Morgan fingerprint density at radius 3 is 2.58 bits per heavy atom. The van der Waals surface area contributed by atoms with Crippen molar-refractivity contribution >= 4 is 11.6 Å². The lowest BCUT2D eigenvalue weighted by Crippen LogP contribution is -2.10. The predicted octanol–water partition coefficient (Wildman–Crippen LogP) is 4.56. The van der Waals surface area contributed by atoms with E-state index in [2.05, 4.69) is 15.5 Å². The molecule has 0 bridgehead atoms. The second-order valence-electron chi connectivity index (χ2n) is 5.80. The molecule has 6 nitrogen and oxygen atoms in total. The van der Waals surface area contributed by atoms with Crippen LogP contribution in [0.25, 0.3) is 22.8 Å². The summed E-state index contributed by atoms with van der Waals surface area (Å²) in [6.45, 7) is 2.01. The third-order valence-electron chi connectivity index (χ3n) is 3.84. The number of hydrogen-bond acceptors (Lipinski definition) is 5. The Kier molecular flexibility index (Phi) is 4.07. The molecule has 0 saturated heterocycles. The molecule has 0 radical (unpaired) electrons. The summed E-state index contributed by atoms with van der Waals surface area (Å²) in [6, 6.07) is 18.3. The van der Waals surface area contributed by atoms with Crippen molar-refractivity contribution in [2.45, 2.75) is 6.92 Å². The van der Waals surface area contributed by atoms with Gasteiger partial charge in [0.15, 0.2) is 5.76 Å². The molecular formula is C20H15N3O3. The Hall–Kier alpha value is -3.67.